The molecule has 0 aliphatic carbocycles. The second kappa shape index (κ2) is 5.58. The van der Waals surface area contributed by atoms with Crippen LogP contribution in [0.25, 0.3) is 22.4 Å². The summed E-state index contributed by atoms with van der Waals surface area (Å²) in [5, 5.41) is 9.20. The molecule has 2 aromatic carbocycles. The van der Waals surface area contributed by atoms with Gasteiger partial charge in [0.2, 0.25) is 0 Å². The molecule has 0 aliphatic heterocycles. The number of nitrogens with zero attached hydrogens (tertiary/aromatic N) is 2. The van der Waals surface area contributed by atoms with Crippen molar-refractivity contribution in [2.24, 2.45) is 7.05 Å². The number of aliphatic hydroxyl groups excluding tert-OH is 1. The number of imidazole rings is 1. The number of fused-ring (bicyclic) bond motifs is 1. The normalized spacial score (nSPS) is 11.9. The van der Waals surface area contributed by atoms with Gasteiger partial charge in [-0.2, -0.15) is 0 Å². The lowest BCUT2D eigenvalue weighted by Gasteiger charge is -2.09. The van der Waals surface area contributed by atoms with E-state index in [4.69, 9.17) is 0 Å². The molecule has 3 aromatic rings. The quantitative estimate of drug-likeness (QED) is 0.801. The number of hydrogen-bond acceptors (Lipinski definition) is 3. The third-order valence-electron chi connectivity index (χ3n) is 3.47. The molecule has 0 unspecified atom stereocenters. The molecule has 3 rings (SSSR count). The lowest BCUT2D eigenvalue weighted by molar-refractivity contribution is -0.274. The smallest absolute Gasteiger partial charge is 0.406 e. The highest BCUT2D eigenvalue weighted by Gasteiger charge is 2.31. The first kappa shape index (κ1) is 15.4. The Labute approximate surface area is 129 Å². The molecule has 120 valence electrons. The highest BCUT2D eigenvalue weighted by molar-refractivity contribution is 5.81. The van der Waals surface area contributed by atoms with Crippen molar-refractivity contribution in [1.82, 2.24) is 9.55 Å². The van der Waals surface area contributed by atoms with Crippen molar-refractivity contribution in [3.63, 3.8) is 0 Å². The fourth-order valence-electron chi connectivity index (χ4n) is 2.40. The zero-order valence-corrected chi connectivity index (χ0v) is 12.1. The minimum absolute atomic E-state index is 0.0695. The first-order valence-electron chi connectivity index (χ1n) is 6.80. The zero-order valence-electron chi connectivity index (χ0n) is 12.1. The molecule has 1 N–H and O–H groups in total. The summed E-state index contributed by atoms with van der Waals surface area (Å²) in [4.78, 5) is 4.48. The molecule has 1 heterocycles. The first-order valence-corrected chi connectivity index (χ1v) is 6.80. The summed E-state index contributed by atoms with van der Waals surface area (Å²) in [6, 6.07) is 10.9. The van der Waals surface area contributed by atoms with Crippen LogP contribution in [0.1, 0.15) is 5.56 Å². The molecule has 0 saturated heterocycles. The minimum Gasteiger partial charge on any atom is -0.406 e. The Morgan fingerprint density at radius 2 is 1.83 bits per heavy atom. The van der Waals surface area contributed by atoms with Crippen LogP contribution in [-0.2, 0) is 13.7 Å². The Morgan fingerprint density at radius 1 is 1.13 bits per heavy atom. The Bertz CT molecular complexity index is 839. The average molecular weight is 322 g/mol. The Balaban J connectivity index is 1.98. The maximum Gasteiger partial charge on any atom is 0.573 e. The molecule has 0 saturated carbocycles. The number of rotatable bonds is 3. The number of hydrogen-bond donors (Lipinski definition) is 1. The van der Waals surface area contributed by atoms with Crippen LogP contribution in [-0.4, -0.2) is 21.0 Å². The molecule has 4 nitrogen and oxygen atoms in total. The second-order valence-corrected chi connectivity index (χ2v) is 5.05. The Kier molecular flexibility index (Phi) is 3.73. The molecule has 0 aliphatic rings. The van der Waals surface area contributed by atoms with Crippen LogP contribution < -0.4 is 4.74 Å². The van der Waals surface area contributed by atoms with E-state index in [-0.39, 0.29) is 12.4 Å². The van der Waals surface area contributed by atoms with Crippen LogP contribution in [0.15, 0.2) is 42.5 Å². The second-order valence-electron chi connectivity index (χ2n) is 5.05. The molecular formula is C16H13F3N2O2. The molecule has 0 spiro atoms. The van der Waals surface area contributed by atoms with E-state index in [0.717, 1.165) is 16.6 Å². The van der Waals surface area contributed by atoms with Crippen LogP contribution in [0, 0.1) is 0 Å². The van der Waals surface area contributed by atoms with Gasteiger partial charge in [-0.25, -0.2) is 4.98 Å². The van der Waals surface area contributed by atoms with E-state index in [2.05, 4.69) is 9.72 Å². The molecule has 23 heavy (non-hydrogen) atoms. The molecule has 1 aromatic heterocycles. The van der Waals surface area contributed by atoms with E-state index < -0.39 is 6.36 Å². The number of alkyl halides is 3. The van der Waals surface area contributed by atoms with Gasteiger partial charge in [-0.3, -0.25) is 0 Å². The van der Waals surface area contributed by atoms with Crippen LogP contribution in [0.3, 0.4) is 0 Å². The van der Waals surface area contributed by atoms with Gasteiger partial charge in [0.1, 0.15) is 11.6 Å². The van der Waals surface area contributed by atoms with Gasteiger partial charge >= 0.3 is 6.36 Å². The van der Waals surface area contributed by atoms with Crippen molar-refractivity contribution in [1.29, 1.82) is 0 Å². The highest BCUT2D eigenvalue weighted by Crippen LogP contribution is 2.28. The average Bonchev–Trinajstić information content (AvgIpc) is 2.83. The summed E-state index contributed by atoms with van der Waals surface area (Å²) < 4.78 is 42.2. The van der Waals surface area contributed by atoms with Gasteiger partial charge in [-0.05, 0) is 42.0 Å². The van der Waals surface area contributed by atoms with Crippen LogP contribution in [0.4, 0.5) is 13.2 Å². The van der Waals surface area contributed by atoms with E-state index in [1.54, 1.807) is 12.1 Å². The predicted molar refractivity (Wildman–Crippen MR) is 78.8 cm³/mol. The topological polar surface area (TPSA) is 47.3 Å². The van der Waals surface area contributed by atoms with Crippen LogP contribution in [0.5, 0.6) is 5.75 Å². The van der Waals surface area contributed by atoms with E-state index >= 15 is 0 Å². The van der Waals surface area contributed by atoms with E-state index in [9.17, 15) is 18.3 Å². The van der Waals surface area contributed by atoms with Gasteiger partial charge in [0, 0.05) is 12.6 Å². The number of benzene rings is 2. The number of aliphatic hydroxyl groups is 1. The maximum atomic E-state index is 12.2. The number of ether oxygens (including phenoxy) is 1. The first-order chi connectivity index (χ1) is 10.9. The van der Waals surface area contributed by atoms with Crippen molar-refractivity contribution in [2.75, 3.05) is 0 Å². The molecule has 0 atom stereocenters. The third-order valence-corrected chi connectivity index (χ3v) is 3.47. The van der Waals surface area contributed by atoms with Crippen molar-refractivity contribution < 1.29 is 23.0 Å². The number of aromatic nitrogens is 2. The van der Waals surface area contributed by atoms with E-state index in [0.29, 0.717) is 11.4 Å². The molecule has 0 amide bonds. The highest BCUT2D eigenvalue weighted by atomic mass is 19.4. The van der Waals surface area contributed by atoms with Crippen LogP contribution >= 0.6 is 0 Å². The van der Waals surface area contributed by atoms with Crippen molar-refractivity contribution in [3.05, 3.63) is 48.0 Å². The van der Waals surface area contributed by atoms with Gasteiger partial charge in [0.25, 0.3) is 0 Å². The molecular weight excluding hydrogens is 309 g/mol. The summed E-state index contributed by atoms with van der Waals surface area (Å²) in [7, 11) is 1.81. The van der Waals surface area contributed by atoms with Gasteiger partial charge < -0.3 is 14.4 Å². The summed E-state index contributed by atoms with van der Waals surface area (Å²) in [5.41, 5.74) is 3.02. The van der Waals surface area contributed by atoms with Gasteiger partial charge in [0.15, 0.2) is 0 Å². The fraction of sp³-hybridized carbons (Fsp3) is 0.188. The van der Waals surface area contributed by atoms with Crippen LogP contribution in [0.2, 0.25) is 0 Å². The molecule has 0 fully saturated rings. The van der Waals surface area contributed by atoms with Crippen molar-refractivity contribution in [2.45, 2.75) is 13.0 Å². The van der Waals surface area contributed by atoms with Gasteiger partial charge in [-0.15, -0.1) is 13.2 Å². The lowest BCUT2D eigenvalue weighted by Crippen LogP contribution is -2.16. The fourth-order valence-corrected chi connectivity index (χ4v) is 2.40. The van der Waals surface area contributed by atoms with Gasteiger partial charge in [0.05, 0.1) is 17.6 Å². The van der Waals surface area contributed by atoms with Crippen molar-refractivity contribution in [3.8, 4) is 17.1 Å². The Hall–Kier alpha value is -2.54. The van der Waals surface area contributed by atoms with Gasteiger partial charge in [-0.1, -0.05) is 6.07 Å². The van der Waals surface area contributed by atoms with E-state index in [1.165, 1.54) is 24.3 Å². The maximum absolute atomic E-state index is 12.2. The minimum atomic E-state index is -4.71. The monoisotopic (exact) mass is 322 g/mol. The lowest BCUT2D eigenvalue weighted by atomic mass is 10.2. The third kappa shape index (κ3) is 3.14. The van der Waals surface area contributed by atoms with E-state index in [1.807, 2.05) is 17.7 Å². The number of aryl methyl sites for hydroxylation is 1. The SMILES string of the molecule is Cn1c(-c2ccc(OC(F)(F)F)cc2)nc2ccc(CO)cc21. The number of halogens is 3. The molecule has 0 radical (unpaired) electrons. The van der Waals surface area contributed by atoms with Crippen molar-refractivity contribution >= 4 is 11.0 Å². The summed E-state index contributed by atoms with van der Waals surface area (Å²) in [5.74, 6) is 0.344. The zero-order chi connectivity index (χ0) is 16.6. The summed E-state index contributed by atoms with van der Waals surface area (Å²) in [6.07, 6.45) is -4.71. The summed E-state index contributed by atoms with van der Waals surface area (Å²) in [6.45, 7) is -0.0695. The summed E-state index contributed by atoms with van der Waals surface area (Å²) >= 11 is 0. The molecule has 0 bridgehead atoms. The Morgan fingerprint density at radius 3 is 2.43 bits per heavy atom. The standard InChI is InChI=1S/C16H13F3N2O2/c1-21-14-8-10(9-22)2-7-13(14)20-15(21)11-3-5-12(6-4-11)23-16(17,18)19/h2-8,22H,9H2,1H3. The molecule has 7 heteroatoms. The predicted octanol–water partition coefficient (Wildman–Crippen LogP) is 3.63. The largest absolute Gasteiger partial charge is 0.573 e.